The van der Waals surface area contributed by atoms with E-state index in [-0.39, 0.29) is 0 Å². The van der Waals surface area contributed by atoms with Gasteiger partial charge in [-0.1, -0.05) is 11.6 Å². The van der Waals surface area contributed by atoms with Gasteiger partial charge >= 0.3 is 0 Å². The summed E-state index contributed by atoms with van der Waals surface area (Å²) in [5, 5.41) is 4.12. The number of ether oxygens (including phenoxy) is 1. The lowest BCUT2D eigenvalue weighted by atomic mass is 10.1. The molecule has 6 heteroatoms. The zero-order chi connectivity index (χ0) is 14.7. The summed E-state index contributed by atoms with van der Waals surface area (Å²) in [5.74, 6) is 0.860. The Balaban J connectivity index is 1.35. The van der Waals surface area contributed by atoms with Gasteiger partial charge in [-0.05, 0) is 34.1 Å². The van der Waals surface area contributed by atoms with Crippen LogP contribution >= 0.6 is 27.5 Å². The Hall–Kier alpha value is -0.330. The van der Waals surface area contributed by atoms with Crippen LogP contribution in [0, 0.1) is 0 Å². The van der Waals surface area contributed by atoms with E-state index < -0.39 is 0 Å². The van der Waals surface area contributed by atoms with E-state index in [0.29, 0.717) is 6.61 Å². The first kappa shape index (κ1) is 15.6. The van der Waals surface area contributed by atoms with Gasteiger partial charge in [-0.3, -0.25) is 9.80 Å². The van der Waals surface area contributed by atoms with Gasteiger partial charge in [0.25, 0.3) is 0 Å². The van der Waals surface area contributed by atoms with Crippen molar-refractivity contribution in [2.75, 3.05) is 52.4 Å². The molecule has 1 aromatic carbocycles. The van der Waals surface area contributed by atoms with E-state index in [1.54, 1.807) is 0 Å². The molecule has 0 atom stereocenters. The number of hydrogen-bond donors (Lipinski definition) is 1. The summed E-state index contributed by atoms with van der Waals surface area (Å²) in [7, 11) is 0. The second-order valence-electron chi connectivity index (χ2n) is 5.62. The molecule has 3 rings (SSSR count). The Bertz CT molecular complexity index is 476. The molecule has 2 aliphatic rings. The summed E-state index contributed by atoms with van der Waals surface area (Å²) in [6, 6.07) is 6.37. The van der Waals surface area contributed by atoms with Gasteiger partial charge in [0.05, 0.1) is 4.47 Å². The summed E-state index contributed by atoms with van der Waals surface area (Å²) in [6.07, 6.45) is 0. The van der Waals surface area contributed by atoms with Crippen LogP contribution in [0.15, 0.2) is 22.7 Å². The van der Waals surface area contributed by atoms with Crippen LogP contribution in [0.3, 0.4) is 0 Å². The molecule has 2 heterocycles. The summed E-state index contributed by atoms with van der Waals surface area (Å²) >= 11 is 9.39. The number of piperazine rings is 1. The van der Waals surface area contributed by atoms with E-state index in [4.69, 9.17) is 16.3 Å². The molecule has 0 bridgehead atoms. The van der Waals surface area contributed by atoms with Crippen molar-refractivity contribution in [2.24, 2.45) is 0 Å². The molecule has 0 spiro atoms. The van der Waals surface area contributed by atoms with E-state index in [9.17, 15) is 0 Å². The van der Waals surface area contributed by atoms with Gasteiger partial charge in [0.1, 0.15) is 12.4 Å². The highest BCUT2D eigenvalue weighted by atomic mass is 79.9. The van der Waals surface area contributed by atoms with Gasteiger partial charge in [0, 0.05) is 56.9 Å². The maximum Gasteiger partial charge on any atom is 0.133 e. The van der Waals surface area contributed by atoms with Crippen LogP contribution in [-0.2, 0) is 0 Å². The minimum absolute atomic E-state index is 0.717. The van der Waals surface area contributed by atoms with Crippen LogP contribution in [0.2, 0.25) is 5.02 Å². The number of nitrogens with one attached hydrogen (secondary N) is 1. The van der Waals surface area contributed by atoms with E-state index in [1.807, 2.05) is 18.2 Å². The lowest BCUT2D eigenvalue weighted by molar-refractivity contribution is 0.0202. The van der Waals surface area contributed by atoms with Gasteiger partial charge in [-0.25, -0.2) is 0 Å². The molecule has 0 aliphatic carbocycles. The lowest BCUT2D eigenvalue weighted by Crippen LogP contribution is -2.63. The smallest absolute Gasteiger partial charge is 0.133 e. The van der Waals surface area contributed by atoms with Gasteiger partial charge < -0.3 is 10.1 Å². The molecule has 116 valence electrons. The van der Waals surface area contributed by atoms with Crippen LogP contribution in [0.1, 0.15) is 0 Å². The van der Waals surface area contributed by atoms with Crippen molar-refractivity contribution < 1.29 is 4.74 Å². The molecule has 4 nitrogen and oxygen atoms in total. The zero-order valence-electron chi connectivity index (χ0n) is 12.0. The number of nitrogens with zero attached hydrogens (tertiary/aromatic N) is 2. The highest BCUT2D eigenvalue weighted by molar-refractivity contribution is 9.10. The SMILES string of the molecule is Clc1ccc(OCCN2CC(N3CCNCC3)C2)c(Br)c1. The highest BCUT2D eigenvalue weighted by Crippen LogP contribution is 2.28. The van der Waals surface area contributed by atoms with Crippen LogP contribution in [0.5, 0.6) is 5.75 Å². The van der Waals surface area contributed by atoms with Crippen LogP contribution < -0.4 is 10.1 Å². The molecular weight excluding hydrogens is 354 g/mol. The fraction of sp³-hybridized carbons (Fsp3) is 0.600. The number of benzene rings is 1. The molecule has 1 aromatic rings. The van der Waals surface area contributed by atoms with Crippen molar-refractivity contribution in [3.63, 3.8) is 0 Å². The fourth-order valence-corrected chi connectivity index (χ4v) is 3.68. The van der Waals surface area contributed by atoms with Crippen molar-refractivity contribution in [2.45, 2.75) is 6.04 Å². The molecule has 0 aromatic heterocycles. The van der Waals surface area contributed by atoms with Gasteiger partial charge in [0.2, 0.25) is 0 Å². The Labute approximate surface area is 139 Å². The molecule has 2 aliphatic heterocycles. The van der Waals surface area contributed by atoms with Crippen molar-refractivity contribution in [1.82, 2.24) is 15.1 Å². The second-order valence-corrected chi connectivity index (χ2v) is 6.91. The minimum atomic E-state index is 0.717. The Kier molecular flexibility index (Phi) is 5.40. The summed E-state index contributed by atoms with van der Waals surface area (Å²) in [5.41, 5.74) is 0. The van der Waals surface area contributed by atoms with Gasteiger partial charge in [-0.15, -0.1) is 0 Å². The van der Waals surface area contributed by atoms with Crippen molar-refractivity contribution in [3.8, 4) is 5.75 Å². The lowest BCUT2D eigenvalue weighted by Gasteiger charge is -2.46. The quantitative estimate of drug-likeness (QED) is 0.854. The molecule has 2 saturated heterocycles. The standard InChI is InChI=1S/C15H21BrClN3O/c16-14-9-12(17)1-2-15(14)21-8-7-19-10-13(11-19)20-5-3-18-4-6-20/h1-2,9,13,18H,3-8,10-11H2. The third-order valence-corrected chi connectivity index (χ3v) is 5.02. The maximum atomic E-state index is 5.92. The number of rotatable bonds is 5. The predicted molar refractivity (Wildman–Crippen MR) is 89.3 cm³/mol. The monoisotopic (exact) mass is 373 g/mol. The molecule has 1 N–H and O–H groups in total. The van der Waals surface area contributed by atoms with E-state index in [0.717, 1.165) is 40.9 Å². The zero-order valence-corrected chi connectivity index (χ0v) is 14.4. The largest absolute Gasteiger partial charge is 0.491 e. The molecule has 21 heavy (non-hydrogen) atoms. The highest BCUT2D eigenvalue weighted by Gasteiger charge is 2.31. The van der Waals surface area contributed by atoms with E-state index in [1.165, 1.54) is 26.2 Å². The van der Waals surface area contributed by atoms with E-state index >= 15 is 0 Å². The fourth-order valence-electron chi connectivity index (χ4n) is 2.88. The molecule has 0 unspecified atom stereocenters. The molecule has 0 radical (unpaired) electrons. The van der Waals surface area contributed by atoms with Crippen LogP contribution in [-0.4, -0.2) is 68.3 Å². The maximum absolute atomic E-state index is 5.92. The summed E-state index contributed by atoms with van der Waals surface area (Å²) in [6.45, 7) is 8.68. The molecular formula is C15H21BrClN3O. The number of halogens is 2. The first-order chi connectivity index (χ1) is 10.2. The van der Waals surface area contributed by atoms with Gasteiger partial charge in [0.15, 0.2) is 0 Å². The average molecular weight is 375 g/mol. The Morgan fingerprint density at radius 2 is 2.05 bits per heavy atom. The number of likely N-dealkylation sites (tertiary alicyclic amines) is 1. The Morgan fingerprint density at radius 3 is 2.76 bits per heavy atom. The van der Waals surface area contributed by atoms with Crippen LogP contribution in [0.4, 0.5) is 0 Å². The Morgan fingerprint density at radius 1 is 1.29 bits per heavy atom. The first-order valence-electron chi connectivity index (χ1n) is 7.47. The first-order valence-corrected chi connectivity index (χ1v) is 8.64. The van der Waals surface area contributed by atoms with E-state index in [2.05, 4.69) is 31.0 Å². The second kappa shape index (κ2) is 7.29. The van der Waals surface area contributed by atoms with Crippen LogP contribution in [0.25, 0.3) is 0 Å². The minimum Gasteiger partial charge on any atom is -0.491 e. The molecule has 0 amide bonds. The predicted octanol–water partition coefficient (Wildman–Crippen LogP) is 2.07. The van der Waals surface area contributed by atoms with Crippen molar-refractivity contribution in [3.05, 3.63) is 27.7 Å². The van der Waals surface area contributed by atoms with Crippen molar-refractivity contribution >= 4 is 27.5 Å². The molecule has 0 saturated carbocycles. The van der Waals surface area contributed by atoms with Crippen molar-refractivity contribution in [1.29, 1.82) is 0 Å². The third kappa shape index (κ3) is 4.11. The average Bonchev–Trinajstić information content (AvgIpc) is 2.44. The topological polar surface area (TPSA) is 27.7 Å². The normalized spacial score (nSPS) is 21.2. The summed E-state index contributed by atoms with van der Waals surface area (Å²) < 4.78 is 6.72. The van der Waals surface area contributed by atoms with Gasteiger partial charge in [-0.2, -0.15) is 0 Å². The number of hydrogen-bond acceptors (Lipinski definition) is 4. The summed E-state index contributed by atoms with van der Waals surface area (Å²) in [4.78, 5) is 5.06. The molecule has 2 fully saturated rings. The third-order valence-electron chi connectivity index (χ3n) is 4.16.